The first-order valence-corrected chi connectivity index (χ1v) is 6.02. The normalized spacial score (nSPS) is 14.9. The predicted octanol–water partition coefficient (Wildman–Crippen LogP) is 1.17. The third-order valence-electron chi connectivity index (χ3n) is 3.13. The van der Waals surface area contributed by atoms with Crippen molar-refractivity contribution < 1.29 is 9.90 Å². The molecule has 0 atom stereocenters. The fourth-order valence-electron chi connectivity index (χ4n) is 2.13. The van der Waals surface area contributed by atoms with Crippen molar-refractivity contribution in [2.75, 3.05) is 11.4 Å². The predicted molar refractivity (Wildman–Crippen MR) is 65.6 cm³/mol. The minimum atomic E-state index is -0.777. The van der Waals surface area contributed by atoms with E-state index in [2.05, 4.69) is 15.0 Å². The third-order valence-corrected chi connectivity index (χ3v) is 3.13. The van der Waals surface area contributed by atoms with Crippen LogP contribution in [0.2, 0.25) is 0 Å². The Morgan fingerprint density at radius 1 is 1.50 bits per heavy atom. The van der Waals surface area contributed by atoms with Crippen molar-refractivity contribution >= 4 is 17.3 Å². The van der Waals surface area contributed by atoms with E-state index in [4.69, 9.17) is 5.11 Å². The van der Waals surface area contributed by atoms with Gasteiger partial charge in [-0.25, -0.2) is 9.50 Å². The molecule has 0 spiro atoms. The molecular formula is C12H14N4O2. The number of aliphatic carboxylic acids is 1. The fourth-order valence-corrected chi connectivity index (χ4v) is 2.13. The molecule has 2 aromatic rings. The maximum atomic E-state index is 10.7. The second-order valence-electron chi connectivity index (χ2n) is 4.48. The number of hydrogen-bond acceptors (Lipinski definition) is 4. The van der Waals surface area contributed by atoms with Crippen molar-refractivity contribution in [1.82, 2.24) is 14.6 Å². The Morgan fingerprint density at radius 2 is 2.33 bits per heavy atom. The summed E-state index contributed by atoms with van der Waals surface area (Å²) in [5.41, 5.74) is 0.926. The van der Waals surface area contributed by atoms with E-state index in [1.54, 1.807) is 23.1 Å². The summed E-state index contributed by atoms with van der Waals surface area (Å²) in [4.78, 5) is 17.2. The zero-order valence-electron chi connectivity index (χ0n) is 9.86. The zero-order chi connectivity index (χ0) is 12.5. The van der Waals surface area contributed by atoms with Gasteiger partial charge in [-0.1, -0.05) is 0 Å². The van der Waals surface area contributed by atoms with Crippen LogP contribution in [-0.2, 0) is 4.79 Å². The van der Waals surface area contributed by atoms with Crippen LogP contribution in [0, 0.1) is 0 Å². The summed E-state index contributed by atoms with van der Waals surface area (Å²) in [6, 6.07) is 2.33. The van der Waals surface area contributed by atoms with Crippen LogP contribution in [0.25, 0.3) is 5.52 Å². The SMILES string of the molecule is O=C(O)CCN(c1nccn2nccc12)C1CC1. The van der Waals surface area contributed by atoms with Crippen molar-refractivity contribution in [3.05, 3.63) is 24.7 Å². The molecule has 94 valence electrons. The molecule has 1 saturated carbocycles. The summed E-state index contributed by atoms with van der Waals surface area (Å²) in [6.07, 6.45) is 7.57. The van der Waals surface area contributed by atoms with Crippen molar-refractivity contribution in [2.45, 2.75) is 25.3 Å². The molecule has 6 nitrogen and oxygen atoms in total. The van der Waals surface area contributed by atoms with Crippen LogP contribution in [0.1, 0.15) is 19.3 Å². The number of anilines is 1. The molecule has 6 heteroatoms. The van der Waals surface area contributed by atoms with Crippen molar-refractivity contribution in [3.8, 4) is 0 Å². The smallest absolute Gasteiger partial charge is 0.305 e. The van der Waals surface area contributed by atoms with Crippen molar-refractivity contribution in [1.29, 1.82) is 0 Å². The topological polar surface area (TPSA) is 70.7 Å². The minimum absolute atomic E-state index is 0.132. The number of carbonyl (C=O) groups is 1. The van der Waals surface area contributed by atoms with Gasteiger partial charge in [-0.3, -0.25) is 4.79 Å². The molecule has 0 radical (unpaired) electrons. The van der Waals surface area contributed by atoms with E-state index in [1.807, 2.05) is 6.07 Å². The number of aromatic nitrogens is 3. The van der Waals surface area contributed by atoms with Gasteiger partial charge in [-0.2, -0.15) is 5.10 Å². The Hall–Kier alpha value is -2.11. The molecule has 3 rings (SSSR count). The van der Waals surface area contributed by atoms with E-state index in [-0.39, 0.29) is 6.42 Å². The molecule has 0 saturated heterocycles. The lowest BCUT2D eigenvalue weighted by Crippen LogP contribution is -2.29. The Balaban J connectivity index is 1.93. The maximum absolute atomic E-state index is 10.7. The van der Waals surface area contributed by atoms with Gasteiger partial charge in [0.15, 0.2) is 5.82 Å². The summed E-state index contributed by atoms with van der Waals surface area (Å²) in [7, 11) is 0. The van der Waals surface area contributed by atoms with Gasteiger partial charge < -0.3 is 10.0 Å². The van der Waals surface area contributed by atoms with Crippen LogP contribution in [-0.4, -0.2) is 38.3 Å². The van der Waals surface area contributed by atoms with E-state index in [1.165, 1.54) is 0 Å². The van der Waals surface area contributed by atoms with Gasteiger partial charge in [0.1, 0.15) is 5.52 Å². The van der Waals surface area contributed by atoms with Gasteiger partial charge in [-0.05, 0) is 18.9 Å². The van der Waals surface area contributed by atoms with E-state index in [9.17, 15) is 4.79 Å². The van der Waals surface area contributed by atoms with E-state index in [0.717, 1.165) is 24.2 Å². The molecule has 1 aliphatic carbocycles. The van der Waals surface area contributed by atoms with Crippen LogP contribution in [0.5, 0.6) is 0 Å². The van der Waals surface area contributed by atoms with Crippen LogP contribution < -0.4 is 4.90 Å². The molecule has 0 aromatic carbocycles. The molecule has 0 unspecified atom stereocenters. The number of rotatable bonds is 5. The lowest BCUT2D eigenvalue weighted by Gasteiger charge is -2.23. The maximum Gasteiger partial charge on any atom is 0.305 e. The van der Waals surface area contributed by atoms with E-state index in [0.29, 0.717) is 12.6 Å². The van der Waals surface area contributed by atoms with Crippen molar-refractivity contribution in [3.63, 3.8) is 0 Å². The van der Waals surface area contributed by atoms with Crippen molar-refractivity contribution in [2.24, 2.45) is 0 Å². The molecule has 1 fully saturated rings. The molecule has 0 amide bonds. The standard InChI is InChI=1S/C12H14N4O2/c17-11(18)4-7-15(9-1-2-9)12-10-3-5-14-16(10)8-6-13-12/h3,5-6,8-9H,1-2,4,7H2,(H,17,18). The summed E-state index contributed by atoms with van der Waals surface area (Å²) in [6.45, 7) is 0.498. The highest BCUT2D eigenvalue weighted by Gasteiger charge is 2.31. The largest absolute Gasteiger partial charge is 0.481 e. The fraction of sp³-hybridized carbons (Fsp3) is 0.417. The first kappa shape index (κ1) is 11.0. The van der Waals surface area contributed by atoms with Gasteiger partial charge in [0.25, 0.3) is 0 Å². The Morgan fingerprint density at radius 3 is 3.06 bits per heavy atom. The second kappa shape index (κ2) is 4.29. The quantitative estimate of drug-likeness (QED) is 0.857. The zero-order valence-corrected chi connectivity index (χ0v) is 9.86. The molecule has 18 heavy (non-hydrogen) atoms. The Labute approximate surface area is 104 Å². The highest BCUT2D eigenvalue weighted by Crippen LogP contribution is 2.32. The van der Waals surface area contributed by atoms with E-state index >= 15 is 0 Å². The summed E-state index contributed by atoms with van der Waals surface area (Å²) >= 11 is 0. The highest BCUT2D eigenvalue weighted by molar-refractivity contribution is 5.71. The molecule has 1 aliphatic rings. The molecule has 2 heterocycles. The van der Waals surface area contributed by atoms with Gasteiger partial charge in [0, 0.05) is 25.0 Å². The summed E-state index contributed by atoms with van der Waals surface area (Å²) < 4.78 is 1.76. The molecule has 0 aliphatic heterocycles. The summed E-state index contributed by atoms with van der Waals surface area (Å²) in [5.74, 6) is 0.0554. The number of nitrogens with zero attached hydrogens (tertiary/aromatic N) is 4. The molecule has 2 aromatic heterocycles. The average molecular weight is 246 g/mol. The summed E-state index contributed by atoms with van der Waals surface area (Å²) in [5, 5.41) is 13.0. The number of fused-ring (bicyclic) bond motifs is 1. The van der Waals surface area contributed by atoms with Crippen LogP contribution >= 0.6 is 0 Å². The monoisotopic (exact) mass is 246 g/mol. The third kappa shape index (κ3) is 2.01. The number of hydrogen-bond donors (Lipinski definition) is 1. The van der Waals surface area contributed by atoms with Gasteiger partial charge >= 0.3 is 5.97 Å². The van der Waals surface area contributed by atoms with Crippen LogP contribution in [0.3, 0.4) is 0 Å². The van der Waals surface area contributed by atoms with Gasteiger partial charge in [0.05, 0.1) is 12.6 Å². The van der Waals surface area contributed by atoms with Gasteiger partial charge in [-0.15, -0.1) is 0 Å². The molecule has 0 bridgehead atoms. The highest BCUT2D eigenvalue weighted by atomic mass is 16.4. The second-order valence-corrected chi connectivity index (χ2v) is 4.48. The lowest BCUT2D eigenvalue weighted by atomic mass is 10.3. The van der Waals surface area contributed by atoms with Gasteiger partial charge in [0.2, 0.25) is 0 Å². The molecular weight excluding hydrogens is 232 g/mol. The number of carboxylic acids is 1. The minimum Gasteiger partial charge on any atom is -0.481 e. The molecule has 1 N–H and O–H groups in total. The van der Waals surface area contributed by atoms with Crippen LogP contribution in [0.4, 0.5) is 5.82 Å². The number of carboxylic acid groups (broad SMARTS) is 1. The average Bonchev–Trinajstić information content (AvgIpc) is 3.06. The Bertz CT molecular complexity index is 576. The lowest BCUT2D eigenvalue weighted by molar-refractivity contribution is -0.136. The van der Waals surface area contributed by atoms with Crippen LogP contribution in [0.15, 0.2) is 24.7 Å². The first-order valence-electron chi connectivity index (χ1n) is 6.02. The first-order chi connectivity index (χ1) is 8.75. The Kier molecular flexibility index (Phi) is 2.62. The van der Waals surface area contributed by atoms with E-state index < -0.39 is 5.97 Å².